The Morgan fingerprint density at radius 3 is 2.80 bits per heavy atom. The van der Waals surface area contributed by atoms with Crippen molar-refractivity contribution in [3.05, 3.63) is 47.2 Å². The van der Waals surface area contributed by atoms with E-state index >= 15 is 0 Å². The van der Waals surface area contributed by atoms with Gasteiger partial charge >= 0.3 is 0 Å². The summed E-state index contributed by atoms with van der Waals surface area (Å²) < 4.78 is 5.51. The highest BCUT2D eigenvalue weighted by atomic mass is 32.2. The van der Waals surface area contributed by atoms with E-state index in [0.29, 0.717) is 17.7 Å². The van der Waals surface area contributed by atoms with E-state index in [2.05, 4.69) is 0 Å². The van der Waals surface area contributed by atoms with Crippen LogP contribution in [-0.2, 0) is 4.79 Å². The van der Waals surface area contributed by atoms with Crippen LogP contribution in [0.3, 0.4) is 0 Å². The van der Waals surface area contributed by atoms with Crippen molar-refractivity contribution in [3.63, 3.8) is 0 Å². The van der Waals surface area contributed by atoms with E-state index in [1.54, 1.807) is 24.5 Å². The van der Waals surface area contributed by atoms with Crippen LogP contribution in [0.1, 0.15) is 22.3 Å². The zero-order valence-corrected chi connectivity index (χ0v) is 11.3. The van der Waals surface area contributed by atoms with Gasteiger partial charge in [-0.3, -0.25) is 9.59 Å². The lowest BCUT2D eigenvalue weighted by Crippen LogP contribution is -2.23. The van der Waals surface area contributed by atoms with E-state index in [1.165, 1.54) is 11.8 Å². The first-order valence-corrected chi connectivity index (χ1v) is 6.91. The number of amides is 2. The number of thioether (sulfide) groups is 1. The van der Waals surface area contributed by atoms with Gasteiger partial charge < -0.3 is 16.2 Å². The average molecular weight is 288 g/mol. The van der Waals surface area contributed by atoms with E-state index in [9.17, 15) is 9.59 Å². The van der Waals surface area contributed by atoms with Crippen molar-refractivity contribution in [1.82, 2.24) is 0 Å². The monoisotopic (exact) mass is 288 g/mol. The van der Waals surface area contributed by atoms with E-state index in [4.69, 9.17) is 16.2 Å². The van der Waals surface area contributed by atoms with Gasteiger partial charge in [0.2, 0.25) is 11.8 Å². The van der Waals surface area contributed by atoms with Gasteiger partial charge in [-0.25, -0.2) is 0 Å². The molecule has 5 nitrogen and oxygen atoms in total. The van der Waals surface area contributed by atoms with Crippen LogP contribution in [-0.4, -0.2) is 17.1 Å². The topological polar surface area (TPSA) is 95.4 Å². The minimum absolute atomic E-state index is 0.258. The molecule has 0 bridgehead atoms. The summed E-state index contributed by atoms with van der Waals surface area (Å²) in [4.78, 5) is 23.5. The maximum absolute atomic E-state index is 11.3. The molecule has 0 radical (unpaired) electrons. The van der Waals surface area contributed by atoms with Gasteiger partial charge in [-0.15, -0.1) is 11.8 Å². The normalized spacial score (nSPS) is 19.9. The van der Waals surface area contributed by atoms with Gasteiger partial charge in [0.1, 0.15) is 5.75 Å². The Bertz CT molecular complexity index is 679. The molecular formula is C14H12N2O3S. The van der Waals surface area contributed by atoms with Crippen molar-refractivity contribution < 1.29 is 14.3 Å². The molecule has 2 amide bonds. The number of carbonyl (C=O) groups is 2. The van der Waals surface area contributed by atoms with Gasteiger partial charge in [-0.2, -0.15) is 0 Å². The number of rotatable bonds is 2. The molecule has 6 heteroatoms. The van der Waals surface area contributed by atoms with Crippen LogP contribution in [0, 0.1) is 0 Å². The Balaban J connectivity index is 2.05. The van der Waals surface area contributed by atoms with Crippen molar-refractivity contribution in [2.45, 2.75) is 11.7 Å². The molecule has 2 heterocycles. The molecule has 2 aliphatic heterocycles. The van der Waals surface area contributed by atoms with E-state index < -0.39 is 5.91 Å². The van der Waals surface area contributed by atoms with Crippen LogP contribution in [0.25, 0.3) is 4.91 Å². The number of carbonyl (C=O) groups excluding carboxylic acids is 2. The number of allylic oxidation sites excluding steroid dienone is 2. The molecule has 2 aliphatic rings. The summed E-state index contributed by atoms with van der Waals surface area (Å²) >= 11 is 1.43. The van der Waals surface area contributed by atoms with Crippen molar-refractivity contribution in [2.75, 3.05) is 0 Å². The zero-order chi connectivity index (χ0) is 14.3. The third-order valence-corrected chi connectivity index (χ3v) is 4.65. The second kappa shape index (κ2) is 4.72. The summed E-state index contributed by atoms with van der Waals surface area (Å²) in [6.07, 6.45) is 3.97. The van der Waals surface area contributed by atoms with Gasteiger partial charge in [-0.1, -0.05) is 0 Å². The van der Waals surface area contributed by atoms with Crippen LogP contribution >= 0.6 is 11.8 Å². The highest BCUT2D eigenvalue weighted by Crippen LogP contribution is 2.48. The van der Waals surface area contributed by atoms with Crippen LogP contribution in [0.15, 0.2) is 36.1 Å². The molecule has 0 saturated carbocycles. The van der Waals surface area contributed by atoms with Crippen molar-refractivity contribution in [3.8, 4) is 5.75 Å². The lowest BCUT2D eigenvalue weighted by atomic mass is 10.0. The quantitative estimate of drug-likeness (QED) is 0.859. The molecule has 1 aromatic carbocycles. The third kappa shape index (κ3) is 2.08. The predicted molar refractivity (Wildman–Crippen MR) is 76.8 cm³/mol. The molecular weight excluding hydrogens is 276 g/mol. The van der Waals surface area contributed by atoms with Crippen LogP contribution < -0.4 is 16.2 Å². The Hall–Kier alpha value is -2.21. The molecule has 3 rings (SSSR count). The molecule has 1 unspecified atom stereocenters. The Morgan fingerprint density at radius 2 is 2.10 bits per heavy atom. The lowest BCUT2D eigenvalue weighted by Gasteiger charge is -2.10. The minimum atomic E-state index is -0.507. The van der Waals surface area contributed by atoms with Crippen LogP contribution in [0.5, 0.6) is 5.75 Å². The third-order valence-electron chi connectivity index (χ3n) is 3.25. The second-order valence-electron chi connectivity index (χ2n) is 4.56. The van der Waals surface area contributed by atoms with E-state index in [-0.39, 0.29) is 11.2 Å². The molecule has 1 aromatic rings. The highest BCUT2D eigenvalue weighted by molar-refractivity contribution is 8.09. The van der Waals surface area contributed by atoms with Gasteiger partial charge in [0.05, 0.1) is 11.5 Å². The number of benzene rings is 1. The summed E-state index contributed by atoms with van der Waals surface area (Å²) in [6.45, 7) is 0. The molecule has 20 heavy (non-hydrogen) atoms. The number of fused-ring (bicyclic) bond motifs is 2. The Labute approximate surface area is 119 Å². The zero-order valence-electron chi connectivity index (χ0n) is 10.5. The maximum atomic E-state index is 11.3. The molecule has 0 aliphatic carbocycles. The fourth-order valence-electron chi connectivity index (χ4n) is 2.24. The number of ether oxygens (including phenoxy) is 1. The molecule has 0 spiro atoms. The molecule has 0 fully saturated rings. The molecule has 102 valence electrons. The van der Waals surface area contributed by atoms with Gasteiger partial charge in [-0.05, 0) is 36.3 Å². The Kier molecular flexibility index (Phi) is 3.02. The highest BCUT2D eigenvalue weighted by Gasteiger charge is 2.31. The summed E-state index contributed by atoms with van der Waals surface area (Å²) in [6, 6.07) is 5.04. The molecule has 0 saturated heterocycles. The van der Waals surface area contributed by atoms with Crippen LogP contribution in [0.4, 0.5) is 0 Å². The number of primary amides is 2. The molecule has 4 N–H and O–H groups in total. The number of hydrogen-bond donors (Lipinski definition) is 2. The number of hydrogen-bond acceptors (Lipinski definition) is 4. The van der Waals surface area contributed by atoms with Crippen LogP contribution in [0.2, 0.25) is 0 Å². The number of nitrogens with two attached hydrogens (primary N) is 2. The fraction of sp³-hybridized carbons (Fsp3) is 0.143. The second-order valence-corrected chi connectivity index (χ2v) is 5.78. The SMILES string of the molecule is NC(=O)c1ccc2c(c1)OC=CC1=C2SC(C(N)=O)C1. The van der Waals surface area contributed by atoms with E-state index in [0.717, 1.165) is 16.0 Å². The first-order chi connectivity index (χ1) is 9.56. The largest absolute Gasteiger partial charge is 0.464 e. The van der Waals surface area contributed by atoms with Crippen molar-refractivity contribution >= 4 is 28.5 Å². The standard InChI is InChI=1S/C14H12N2O3S/c15-13(17)8-1-2-9-10(5-8)19-4-3-7-6-11(14(16)18)20-12(7)9/h1-5,11H,6H2,(H2,15,17)(H2,16,18). The first-order valence-electron chi connectivity index (χ1n) is 6.03. The van der Waals surface area contributed by atoms with Gasteiger partial charge in [0.15, 0.2) is 0 Å². The van der Waals surface area contributed by atoms with E-state index in [1.807, 2.05) is 6.08 Å². The first kappa shape index (κ1) is 12.8. The summed E-state index contributed by atoms with van der Waals surface area (Å²) in [5.74, 6) is -0.277. The predicted octanol–water partition coefficient (Wildman–Crippen LogP) is 1.39. The molecule has 0 aromatic heterocycles. The lowest BCUT2D eigenvalue weighted by molar-refractivity contribution is -0.117. The molecule has 1 atom stereocenters. The average Bonchev–Trinajstić information content (AvgIpc) is 2.76. The fourth-order valence-corrected chi connectivity index (χ4v) is 3.50. The summed E-state index contributed by atoms with van der Waals surface area (Å²) in [5, 5.41) is -0.258. The summed E-state index contributed by atoms with van der Waals surface area (Å²) in [7, 11) is 0. The van der Waals surface area contributed by atoms with Crippen molar-refractivity contribution in [2.24, 2.45) is 11.5 Å². The Morgan fingerprint density at radius 1 is 1.30 bits per heavy atom. The summed E-state index contributed by atoms with van der Waals surface area (Å²) in [5.41, 5.74) is 12.9. The smallest absolute Gasteiger partial charge is 0.248 e. The minimum Gasteiger partial charge on any atom is -0.464 e. The van der Waals surface area contributed by atoms with Crippen molar-refractivity contribution in [1.29, 1.82) is 0 Å². The van der Waals surface area contributed by atoms with Gasteiger partial charge in [0.25, 0.3) is 0 Å². The van der Waals surface area contributed by atoms with Gasteiger partial charge in [0, 0.05) is 16.0 Å². The maximum Gasteiger partial charge on any atom is 0.248 e.